The van der Waals surface area contributed by atoms with E-state index < -0.39 is 15.9 Å². The molecule has 2 rings (SSSR count). The third-order valence-electron chi connectivity index (χ3n) is 3.06. The van der Waals surface area contributed by atoms with Gasteiger partial charge in [0.2, 0.25) is 5.91 Å². The fourth-order valence-electron chi connectivity index (χ4n) is 2.06. The van der Waals surface area contributed by atoms with E-state index in [0.717, 1.165) is 0 Å². The van der Waals surface area contributed by atoms with Gasteiger partial charge >= 0.3 is 0 Å². The number of aliphatic hydroxyl groups excluding tert-OH is 1. The highest BCUT2D eigenvalue weighted by Crippen LogP contribution is 2.12. The highest BCUT2D eigenvalue weighted by molar-refractivity contribution is 7.91. The van der Waals surface area contributed by atoms with Crippen LogP contribution in [0.2, 0.25) is 0 Å². The van der Waals surface area contributed by atoms with Gasteiger partial charge in [-0.15, -0.1) is 0 Å². The maximum atomic E-state index is 11.9. The minimum Gasteiger partial charge on any atom is -0.392 e. The van der Waals surface area contributed by atoms with Crippen molar-refractivity contribution in [2.75, 3.05) is 31.1 Å². The Hall–Kier alpha value is -0.660. The first-order chi connectivity index (χ1) is 7.48. The van der Waals surface area contributed by atoms with E-state index in [1.165, 1.54) is 0 Å². The number of carbonyl (C=O) groups excluding carboxylic acids is 1. The SMILES string of the molecule is O=C(C1CC(O)CN1)N1CCS(=O)(=O)CC1. The van der Waals surface area contributed by atoms with Crippen molar-refractivity contribution < 1.29 is 18.3 Å². The molecule has 0 bridgehead atoms. The molecule has 16 heavy (non-hydrogen) atoms. The number of rotatable bonds is 1. The van der Waals surface area contributed by atoms with Crippen LogP contribution < -0.4 is 5.32 Å². The molecule has 0 saturated carbocycles. The van der Waals surface area contributed by atoms with Crippen molar-refractivity contribution in [1.29, 1.82) is 0 Å². The molecule has 2 heterocycles. The van der Waals surface area contributed by atoms with Gasteiger partial charge in [-0.1, -0.05) is 0 Å². The average Bonchev–Trinajstić information content (AvgIpc) is 2.64. The third kappa shape index (κ3) is 2.53. The standard InChI is InChI=1S/C9H16N2O4S/c12-7-5-8(10-6-7)9(13)11-1-3-16(14,15)4-2-11/h7-8,10,12H,1-6H2. The van der Waals surface area contributed by atoms with E-state index in [2.05, 4.69) is 5.32 Å². The molecule has 1 amide bonds. The highest BCUT2D eigenvalue weighted by Gasteiger charge is 2.33. The Kier molecular flexibility index (Phi) is 3.18. The second-order valence-electron chi connectivity index (χ2n) is 4.33. The Morgan fingerprint density at radius 2 is 1.94 bits per heavy atom. The van der Waals surface area contributed by atoms with E-state index >= 15 is 0 Å². The summed E-state index contributed by atoms with van der Waals surface area (Å²) in [6, 6.07) is -0.351. The minimum atomic E-state index is -2.95. The maximum Gasteiger partial charge on any atom is 0.239 e. The van der Waals surface area contributed by atoms with Gasteiger partial charge in [-0.3, -0.25) is 4.79 Å². The van der Waals surface area contributed by atoms with Crippen molar-refractivity contribution in [3.05, 3.63) is 0 Å². The topological polar surface area (TPSA) is 86.7 Å². The van der Waals surface area contributed by atoms with Gasteiger partial charge in [0, 0.05) is 19.6 Å². The van der Waals surface area contributed by atoms with E-state index in [1.807, 2.05) is 0 Å². The first-order valence-corrected chi connectivity index (χ1v) is 7.21. The van der Waals surface area contributed by atoms with Gasteiger partial charge in [-0.05, 0) is 6.42 Å². The zero-order valence-electron chi connectivity index (χ0n) is 8.92. The molecule has 2 aliphatic heterocycles. The molecule has 0 aliphatic carbocycles. The predicted octanol–water partition coefficient (Wildman–Crippen LogP) is -2.03. The van der Waals surface area contributed by atoms with Crippen LogP contribution in [0.25, 0.3) is 0 Å². The Bertz CT molecular complexity index is 367. The number of nitrogens with zero attached hydrogens (tertiary/aromatic N) is 1. The predicted molar refractivity (Wildman–Crippen MR) is 57.6 cm³/mol. The molecule has 92 valence electrons. The summed E-state index contributed by atoms with van der Waals surface area (Å²) < 4.78 is 22.4. The zero-order chi connectivity index (χ0) is 11.8. The normalized spacial score (nSPS) is 33.9. The smallest absolute Gasteiger partial charge is 0.239 e. The summed E-state index contributed by atoms with van der Waals surface area (Å²) in [4.78, 5) is 13.5. The number of nitrogens with one attached hydrogen (secondary N) is 1. The van der Waals surface area contributed by atoms with Crippen molar-refractivity contribution in [3.8, 4) is 0 Å². The molecule has 0 aromatic rings. The van der Waals surface area contributed by atoms with E-state index in [1.54, 1.807) is 4.90 Å². The van der Waals surface area contributed by atoms with Gasteiger partial charge in [0.1, 0.15) is 0 Å². The van der Waals surface area contributed by atoms with Crippen molar-refractivity contribution in [3.63, 3.8) is 0 Å². The second kappa shape index (κ2) is 4.31. The summed E-state index contributed by atoms with van der Waals surface area (Å²) in [5.74, 6) is 0.00798. The highest BCUT2D eigenvalue weighted by atomic mass is 32.2. The van der Waals surface area contributed by atoms with Crippen LogP contribution in [0.1, 0.15) is 6.42 Å². The minimum absolute atomic E-state index is 0.0496. The van der Waals surface area contributed by atoms with Crippen LogP contribution in [-0.4, -0.2) is 67.6 Å². The average molecular weight is 248 g/mol. The molecule has 0 radical (unpaired) electrons. The summed E-state index contributed by atoms with van der Waals surface area (Å²) >= 11 is 0. The molecule has 6 nitrogen and oxygen atoms in total. The number of hydrogen-bond donors (Lipinski definition) is 2. The lowest BCUT2D eigenvalue weighted by Crippen LogP contribution is -2.50. The van der Waals surface area contributed by atoms with Crippen LogP contribution in [-0.2, 0) is 14.6 Å². The van der Waals surface area contributed by atoms with Crippen molar-refractivity contribution in [2.24, 2.45) is 0 Å². The van der Waals surface area contributed by atoms with Crippen LogP contribution in [0.15, 0.2) is 0 Å². The van der Waals surface area contributed by atoms with Crippen molar-refractivity contribution >= 4 is 15.7 Å². The largest absolute Gasteiger partial charge is 0.392 e. The number of amides is 1. The summed E-state index contributed by atoms with van der Waals surface area (Å²) in [5, 5.41) is 12.2. The van der Waals surface area contributed by atoms with E-state index in [4.69, 9.17) is 0 Å². The number of sulfone groups is 1. The Balaban J connectivity index is 1.92. The van der Waals surface area contributed by atoms with Gasteiger partial charge in [-0.2, -0.15) is 0 Å². The Labute approximate surface area is 94.5 Å². The molecular formula is C9H16N2O4S. The quantitative estimate of drug-likeness (QED) is 0.558. The lowest BCUT2D eigenvalue weighted by molar-refractivity contribution is -0.132. The molecular weight excluding hydrogens is 232 g/mol. The second-order valence-corrected chi connectivity index (χ2v) is 6.63. The maximum absolute atomic E-state index is 11.9. The summed E-state index contributed by atoms with van der Waals surface area (Å²) in [7, 11) is -2.95. The lowest BCUT2D eigenvalue weighted by atomic mass is 10.2. The Morgan fingerprint density at radius 3 is 2.44 bits per heavy atom. The van der Waals surface area contributed by atoms with Crippen LogP contribution >= 0.6 is 0 Å². The van der Waals surface area contributed by atoms with Crippen LogP contribution in [0.5, 0.6) is 0 Å². The molecule has 2 aliphatic rings. The number of hydrogen-bond acceptors (Lipinski definition) is 5. The van der Waals surface area contributed by atoms with Crippen LogP contribution in [0, 0.1) is 0 Å². The number of carbonyl (C=O) groups is 1. The Morgan fingerprint density at radius 1 is 1.31 bits per heavy atom. The first-order valence-electron chi connectivity index (χ1n) is 5.38. The first kappa shape index (κ1) is 11.8. The summed E-state index contributed by atoms with van der Waals surface area (Å²) in [6.45, 7) is 0.980. The van der Waals surface area contributed by atoms with Gasteiger partial charge in [0.05, 0.1) is 23.7 Å². The van der Waals surface area contributed by atoms with E-state index in [9.17, 15) is 18.3 Å². The molecule has 2 fully saturated rings. The van der Waals surface area contributed by atoms with E-state index in [0.29, 0.717) is 13.0 Å². The molecule has 2 saturated heterocycles. The van der Waals surface area contributed by atoms with Gasteiger partial charge < -0.3 is 15.3 Å². The third-order valence-corrected chi connectivity index (χ3v) is 4.67. The van der Waals surface area contributed by atoms with Gasteiger partial charge in [0.25, 0.3) is 0 Å². The number of aliphatic hydroxyl groups is 1. The van der Waals surface area contributed by atoms with Crippen LogP contribution in [0.3, 0.4) is 0 Å². The zero-order valence-corrected chi connectivity index (χ0v) is 9.74. The molecule has 2 atom stereocenters. The summed E-state index contributed by atoms with van der Waals surface area (Å²) in [6.07, 6.45) is -0.0512. The molecule has 0 spiro atoms. The van der Waals surface area contributed by atoms with E-state index in [-0.39, 0.29) is 36.5 Å². The molecule has 7 heteroatoms. The summed E-state index contributed by atoms with van der Waals surface area (Å²) in [5.41, 5.74) is 0. The monoisotopic (exact) mass is 248 g/mol. The fourth-order valence-corrected chi connectivity index (χ4v) is 3.26. The van der Waals surface area contributed by atoms with Crippen molar-refractivity contribution in [2.45, 2.75) is 18.6 Å². The van der Waals surface area contributed by atoms with Gasteiger partial charge in [-0.25, -0.2) is 8.42 Å². The fraction of sp³-hybridized carbons (Fsp3) is 0.889. The van der Waals surface area contributed by atoms with Gasteiger partial charge in [0.15, 0.2) is 9.84 Å². The molecule has 2 unspecified atom stereocenters. The molecule has 0 aromatic carbocycles. The number of β-amino-alcohol motifs (C(OH)–C–C–N with tert-alkyl or cyclic N) is 1. The van der Waals surface area contributed by atoms with Crippen LogP contribution in [0.4, 0.5) is 0 Å². The lowest BCUT2D eigenvalue weighted by Gasteiger charge is -2.29. The van der Waals surface area contributed by atoms with Crippen molar-refractivity contribution in [1.82, 2.24) is 10.2 Å². The molecule has 0 aromatic heterocycles. The molecule has 2 N–H and O–H groups in total.